The molecule has 0 saturated carbocycles. The number of nitrogens with zero attached hydrogens (tertiary/aromatic N) is 3. The van der Waals surface area contributed by atoms with Gasteiger partial charge in [0.2, 0.25) is 0 Å². The summed E-state index contributed by atoms with van der Waals surface area (Å²) in [5, 5.41) is 4.43. The number of aromatic amines is 2. The van der Waals surface area contributed by atoms with Crippen LogP contribution in [0.25, 0.3) is 22.3 Å². The second kappa shape index (κ2) is 6.39. The van der Waals surface area contributed by atoms with E-state index >= 15 is 0 Å². The molecule has 126 valence electrons. The fourth-order valence-electron chi connectivity index (χ4n) is 2.80. The highest BCUT2D eigenvalue weighted by molar-refractivity contribution is 5.93. The minimum absolute atomic E-state index is 0.360. The Balaban J connectivity index is 1.69. The van der Waals surface area contributed by atoms with E-state index in [4.69, 9.17) is 0 Å². The number of rotatable bonds is 5. The van der Waals surface area contributed by atoms with Crippen molar-refractivity contribution in [3.05, 3.63) is 60.4 Å². The lowest BCUT2D eigenvalue weighted by atomic mass is 10.1. The molecule has 4 aromatic rings. The molecule has 0 aromatic carbocycles. The minimum atomic E-state index is 0.360. The molecule has 0 aliphatic heterocycles. The van der Waals surface area contributed by atoms with Crippen molar-refractivity contribution in [2.45, 2.75) is 26.3 Å². The Kier molecular flexibility index (Phi) is 3.93. The third kappa shape index (κ3) is 3.10. The standard InChI is InChI=1S/C19H20N6/c1-12(2)18-23-11-16(24-18)15-9-17(25-19-14(15)6-8-21-19)22-10-13-5-3-4-7-20-13/h3-9,11-12H,10H2,1-2H3,(H,23,24)(H2,21,22,25). The van der Waals surface area contributed by atoms with Crippen LogP contribution in [0.5, 0.6) is 0 Å². The van der Waals surface area contributed by atoms with Crippen LogP contribution in [-0.4, -0.2) is 24.9 Å². The van der Waals surface area contributed by atoms with E-state index in [0.29, 0.717) is 12.5 Å². The molecule has 4 heterocycles. The molecule has 0 amide bonds. The van der Waals surface area contributed by atoms with Crippen LogP contribution in [0.2, 0.25) is 0 Å². The topological polar surface area (TPSA) is 82.3 Å². The molecular weight excluding hydrogens is 312 g/mol. The summed E-state index contributed by atoms with van der Waals surface area (Å²) in [6, 6.07) is 9.97. The minimum Gasteiger partial charge on any atom is -0.364 e. The summed E-state index contributed by atoms with van der Waals surface area (Å²) in [7, 11) is 0. The van der Waals surface area contributed by atoms with Gasteiger partial charge in [0, 0.05) is 29.3 Å². The largest absolute Gasteiger partial charge is 0.364 e. The molecule has 0 radical (unpaired) electrons. The fourth-order valence-corrected chi connectivity index (χ4v) is 2.80. The van der Waals surface area contributed by atoms with E-state index in [-0.39, 0.29) is 0 Å². The molecule has 0 fully saturated rings. The molecule has 3 N–H and O–H groups in total. The smallest absolute Gasteiger partial charge is 0.140 e. The zero-order valence-corrected chi connectivity index (χ0v) is 14.2. The molecule has 0 spiro atoms. The van der Waals surface area contributed by atoms with Gasteiger partial charge in [0.1, 0.15) is 17.3 Å². The van der Waals surface area contributed by atoms with Crippen LogP contribution in [0.4, 0.5) is 5.82 Å². The summed E-state index contributed by atoms with van der Waals surface area (Å²) in [5.41, 5.74) is 3.90. The summed E-state index contributed by atoms with van der Waals surface area (Å²) in [4.78, 5) is 20.1. The fraction of sp³-hybridized carbons (Fsp3) is 0.211. The first-order chi connectivity index (χ1) is 12.2. The van der Waals surface area contributed by atoms with Crippen molar-refractivity contribution in [1.29, 1.82) is 0 Å². The van der Waals surface area contributed by atoms with Crippen LogP contribution >= 0.6 is 0 Å². The van der Waals surface area contributed by atoms with Gasteiger partial charge in [0.15, 0.2) is 0 Å². The lowest BCUT2D eigenvalue weighted by molar-refractivity contribution is 0.795. The maximum atomic E-state index is 4.65. The van der Waals surface area contributed by atoms with Gasteiger partial charge in [-0.25, -0.2) is 9.97 Å². The zero-order chi connectivity index (χ0) is 17.2. The molecule has 4 rings (SSSR count). The Morgan fingerprint density at radius 2 is 2.08 bits per heavy atom. The van der Waals surface area contributed by atoms with Gasteiger partial charge in [-0.05, 0) is 24.3 Å². The van der Waals surface area contributed by atoms with Crippen molar-refractivity contribution < 1.29 is 0 Å². The molecule has 6 heteroatoms. The van der Waals surface area contributed by atoms with Crippen LogP contribution in [0, 0.1) is 0 Å². The Hall–Kier alpha value is -3.15. The van der Waals surface area contributed by atoms with Crippen molar-refractivity contribution in [1.82, 2.24) is 24.9 Å². The zero-order valence-electron chi connectivity index (χ0n) is 14.2. The summed E-state index contributed by atoms with van der Waals surface area (Å²) >= 11 is 0. The lowest BCUT2D eigenvalue weighted by Crippen LogP contribution is -2.03. The Bertz CT molecular complexity index is 984. The Morgan fingerprint density at radius 1 is 1.16 bits per heavy atom. The lowest BCUT2D eigenvalue weighted by Gasteiger charge is -2.08. The first-order valence-corrected chi connectivity index (χ1v) is 8.38. The van der Waals surface area contributed by atoms with Crippen LogP contribution in [0.3, 0.4) is 0 Å². The summed E-state index contributed by atoms with van der Waals surface area (Å²) in [6.45, 7) is 4.88. The maximum absolute atomic E-state index is 4.65. The molecule has 25 heavy (non-hydrogen) atoms. The van der Waals surface area contributed by atoms with E-state index in [2.05, 4.69) is 50.2 Å². The average molecular weight is 332 g/mol. The van der Waals surface area contributed by atoms with E-state index in [9.17, 15) is 0 Å². The van der Waals surface area contributed by atoms with Gasteiger partial charge in [-0.3, -0.25) is 4.98 Å². The predicted octanol–water partition coefficient (Wildman–Crippen LogP) is 4.08. The quantitative estimate of drug-likeness (QED) is 0.514. The second-order valence-electron chi connectivity index (χ2n) is 6.31. The number of fused-ring (bicyclic) bond motifs is 1. The van der Waals surface area contributed by atoms with E-state index < -0.39 is 0 Å². The number of imidazole rings is 1. The predicted molar refractivity (Wildman–Crippen MR) is 99.3 cm³/mol. The highest BCUT2D eigenvalue weighted by Gasteiger charge is 2.12. The Labute approximate surface area is 145 Å². The van der Waals surface area contributed by atoms with E-state index in [1.807, 2.05) is 36.7 Å². The summed E-state index contributed by atoms with van der Waals surface area (Å²) in [5.74, 6) is 2.15. The van der Waals surface area contributed by atoms with Gasteiger partial charge in [0.05, 0.1) is 24.1 Å². The molecule has 4 aromatic heterocycles. The van der Waals surface area contributed by atoms with Crippen LogP contribution in [0.1, 0.15) is 31.3 Å². The second-order valence-corrected chi connectivity index (χ2v) is 6.31. The van der Waals surface area contributed by atoms with Crippen LogP contribution in [-0.2, 0) is 6.54 Å². The van der Waals surface area contributed by atoms with Crippen molar-refractivity contribution in [2.24, 2.45) is 0 Å². The van der Waals surface area contributed by atoms with Gasteiger partial charge in [-0.1, -0.05) is 19.9 Å². The number of hydrogen-bond donors (Lipinski definition) is 3. The third-order valence-corrected chi connectivity index (χ3v) is 4.14. The van der Waals surface area contributed by atoms with Gasteiger partial charge in [-0.2, -0.15) is 0 Å². The summed E-state index contributed by atoms with van der Waals surface area (Å²) < 4.78 is 0. The van der Waals surface area contributed by atoms with Crippen molar-refractivity contribution in [3.8, 4) is 11.3 Å². The molecule has 0 unspecified atom stereocenters. The van der Waals surface area contributed by atoms with Gasteiger partial charge >= 0.3 is 0 Å². The highest BCUT2D eigenvalue weighted by atomic mass is 15.0. The first-order valence-electron chi connectivity index (χ1n) is 8.38. The molecule has 0 aliphatic rings. The van der Waals surface area contributed by atoms with E-state index in [0.717, 1.165) is 39.6 Å². The van der Waals surface area contributed by atoms with E-state index in [1.165, 1.54) is 0 Å². The van der Waals surface area contributed by atoms with Crippen molar-refractivity contribution in [2.75, 3.05) is 5.32 Å². The van der Waals surface area contributed by atoms with Crippen molar-refractivity contribution >= 4 is 16.9 Å². The monoisotopic (exact) mass is 332 g/mol. The molecule has 0 atom stereocenters. The SMILES string of the molecule is CC(C)c1ncc(-c2cc(NCc3ccccn3)nc3[nH]ccc23)[nH]1. The van der Waals surface area contributed by atoms with Crippen molar-refractivity contribution in [3.63, 3.8) is 0 Å². The number of H-pyrrole nitrogens is 2. The van der Waals surface area contributed by atoms with Gasteiger partial charge < -0.3 is 15.3 Å². The Morgan fingerprint density at radius 3 is 2.84 bits per heavy atom. The third-order valence-electron chi connectivity index (χ3n) is 4.14. The number of nitrogens with one attached hydrogen (secondary N) is 3. The van der Waals surface area contributed by atoms with Gasteiger partial charge in [-0.15, -0.1) is 0 Å². The molecular formula is C19H20N6. The summed E-state index contributed by atoms with van der Waals surface area (Å²) in [6.07, 6.45) is 5.59. The van der Waals surface area contributed by atoms with Crippen LogP contribution in [0.15, 0.2) is 48.9 Å². The number of hydrogen-bond acceptors (Lipinski definition) is 4. The van der Waals surface area contributed by atoms with Crippen LogP contribution < -0.4 is 5.32 Å². The van der Waals surface area contributed by atoms with E-state index in [1.54, 1.807) is 6.20 Å². The number of pyridine rings is 2. The first kappa shape index (κ1) is 15.4. The molecule has 0 bridgehead atoms. The number of anilines is 1. The highest BCUT2D eigenvalue weighted by Crippen LogP contribution is 2.29. The van der Waals surface area contributed by atoms with Gasteiger partial charge in [0.25, 0.3) is 0 Å². The average Bonchev–Trinajstić information content (AvgIpc) is 3.29. The molecule has 0 aliphatic carbocycles. The maximum Gasteiger partial charge on any atom is 0.140 e. The molecule has 6 nitrogen and oxygen atoms in total. The number of aromatic nitrogens is 5. The molecule has 0 saturated heterocycles. The normalized spacial score (nSPS) is 11.3.